The van der Waals surface area contributed by atoms with Crippen molar-refractivity contribution in [1.29, 1.82) is 0 Å². The van der Waals surface area contributed by atoms with Crippen LogP contribution >= 0.6 is 0 Å². The minimum Gasteiger partial charge on any atom is -0.317 e. The average molecular weight is 211 g/mol. The third-order valence-electron chi connectivity index (χ3n) is 4.72. The maximum atomic E-state index is 3.45. The zero-order valence-corrected chi connectivity index (χ0v) is 11.4. The van der Waals surface area contributed by atoms with E-state index in [0.717, 1.165) is 23.8 Å². The first-order chi connectivity index (χ1) is 6.98. The predicted octanol–water partition coefficient (Wildman–Crippen LogP) is 3.69. The number of fused-ring (bicyclic) bond motifs is 2. The van der Waals surface area contributed by atoms with E-state index in [-0.39, 0.29) is 0 Å². The van der Waals surface area contributed by atoms with Gasteiger partial charge in [-0.15, -0.1) is 0 Å². The Kier molecular flexibility index (Phi) is 4.22. The first-order valence-corrected chi connectivity index (χ1v) is 6.66. The van der Waals surface area contributed by atoms with Gasteiger partial charge < -0.3 is 5.32 Å². The Hall–Kier alpha value is -0.0400. The van der Waals surface area contributed by atoms with Gasteiger partial charge in [0.15, 0.2) is 0 Å². The summed E-state index contributed by atoms with van der Waals surface area (Å²) >= 11 is 0. The molecule has 0 amide bonds. The smallest absolute Gasteiger partial charge is 0.00953 e. The number of hydrogen-bond donors (Lipinski definition) is 1. The summed E-state index contributed by atoms with van der Waals surface area (Å²) in [4.78, 5) is 0. The predicted molar refractivity (Wildman–Crippen MR) is 68.0 cm³/mol. The monoisotopic (exact) mass is 211 g/mol. The molecule has 2 bridgehead atoms. The van der Waals surface area contributed by atoms with Gasteiger partial charge >= 0.3 is 0 Å². The summed E-state index contributed by atoms with van der Waals surface area (Å²) in [5.41, 5.74) is 0.646. The van der Waals surface area contributed by atoms with Crippen LogP contribution in [-0.2, 0) is 0 Å². The van der Waals surface area contributed by atoms with Gasteiger partial charge in [-0.2, -0.15) is 0 Å². The van der Waals surface area contributed by atoms with Crippen LogP contribution in [0, 0.1) is 23.2 Å². The Bertz CT molecular complexity index is 198. The van der Waals surface area contributed by atoms with Crippen LogP contribution < -0.4 is 5.32 Å². The molecule has 1 heteroatoms. The van der Waals surface area contributed by atoms with E-state index in [1.54, 1.807) is 0 Å². The summed E-state index contributed by atoms with van der Waals surface area (Å²) in [5, 5.41) is 3.45. The van der Waals surface area contributed by atoms with Gasteiger partial charge in [-0.1, -0.05) is 41.0 Å². The first kappa shape index (κ1) is 13.0. The molecule has 3 fully saturated rings. The largest absolute Gasteiger partial charge is 0.317 e. The average Bonchev–Trinajstić information content (AvgIpc) is 2.18. The second kappa shape index (κ2) is 4.86. The molecule has 0 aromatic carbocycles. The van der Waals surface area contributed by atoms with Crippen molar-refractivity contribution in [3.8, 4) is 0 Å². The molecule has 1 nitrogen and oxygen atoms in total. The van der Waals surface area contributed by atoms with Crippen molar-refractivity contribution in [3.05, 3.63) is 0 Å². The van der Waals surface area contributed by atoms with Crippen LogP contribution in [0.2, 0.25) is 0 Å². The molecule has 1 N–H and O–H groups in total. The van der Waals surface area contributed by atoms with Gasteiger partial charge in [-0.05, 0) is 43.1 Å². The normalized spacial score (nSPS) is 41.2. The molecule has 3 aliphatic rings. The van der Waals surface area contributed by atoms with Gasteiger partial charge in [0.05, 0.1) is 0 Å². The van der Waals surface area contributed by atoms with Crippen LogP contribution in [0.15, 0.2) is 0 Å². The van der Waals surface area contributed by atoms with Crippen LogP contribution in [-0.4, -0.2) is 13.1 Å². The van der Waals surface area contributed by atoms with Crippen molar-refractivity contribution in [2.75, 3.05) is 7.05 Å². The molecule has 0 radical (unpaired) electrons. The van der Waals surface area contributed by atoms with E-state index in [4.69, 9.17) is 0 Å². The van der Waals surface area contributed by atoms with Gasteiger partial charge in [-0.25, -0.2) is 0 Å². The van der Waals surface area contributed by atoms with Gasteiger partial charge in [-0.3, -0.25) is 0 Å². The lowest BCUT2D eigenvalue weighted by atomic mass is 9.45. The maximum absolute atomic E-state index is 3.45. The van der Waals surface area contributed by atoms with E-state index in [2.05, 4.69) is 47.0 Å². The molecule has 4 atom stereocenters. The summed E-state index contributed by atoms with van der Waals surface area (Å²) in [6.07, 6.45) is 4.15. The summed E-state index contributed by atoms with van der Waals surface area (Å²) in [6.45, 7) is 11.6. The molecule has 3 rings (SSSR count). The minimum atomic E-state index is 0.646. The fourth-order valence-electron chi connectivity index (χ4n) is 3.53. The van der Waals surface area contributed by atoms with E-state index in [1.807, 2.05) is 0 Å². The quantitative estimate of drug-likeness (QED) is 0.697. The van der Waals surface area contributed by atoms with E-state index in [0.29, 0.717) is 5.41 Å². The van der Waals surface area contributed by atoms with Crippen LogP contribution in [0.4, 0.5) is 0 Å². The number of nitrogens with one attached hydrogen (secondary N) is 1. The fourth-order valence-corrected chi connectivity index (χ4v) is 3.53. The maximum Gasteiger partial charge on any atom is 0.00953 e. The Morgan fingerprint density at radius 3 is 2.07 bits per heavy atom. The zero-order valence-electron chi connectivity index (χ0n) is 11.4. The molecule has 0 spiro atoms. The molecule has 90 valence electrons. The first-order valence-electron chi connectivity index (χ1n) is 6.66. The van der Waals surface area contributed by atoms with Crippen molar-refractivity contribution >= 4 is 0 Å². The lowest BCUT2D eigenvalue weighted by Gasteiger charge is -2.62. The van der Waals surface area contributed by atoms with Gasteiger partial charge in [0, 0.05) is 6.04 Å². The number of hydrogen-bond acceptors (Lipinski definition) is 1. The van der Waals surface area contributed by atoms with E-state index >= 15 is 0 Å². The molecule has 0 saturated heterocycles. The topological polar surface area (TPSA) is 12.0 Å². The van der Waals surface area contributed by atoms with Crippen molar-refractivity contribution in [3.63, 3.8) is 0 Å². The Balaban J connectivity index is 0.000000337. The molecule has 0 aromatic heterocycles. The third kappa shape index (κ3) is 2.22. The molecule has 0 unspecified atom stereocenters. The third-order valence-corrected chi connectivity index (χ3v) is 4.72. The Morgan fingerprint density at radius 1 is 1.20 bits per heavy atom. The van der Waals surface area contributed by atoms with Crippen molar-refractivity contribution in [2.24, 2.45) is 23.2 Å². The Morgan fingerprint density at radius 2 is 1.73 bits per heavy atom. The van der Waals surface area contributed by atoms with Gasteiger partial charge in [0.1, 0.15) is 0 Å². The zero-order chi connectivity index (χ0) is 11.6. The highest BCUT2D eigenvalue weighted by Gasteiger charge is 2.55. The summed E-state index contributed by atoms with van der Waals surface area (Å²) < 4.78 is 0. The van der Waals surface area contributed by atoms with Crippen molar-refractivity contribution in [2.45, 2.75) is 59.9 Å². The number of rotatable bonds is 1. The summed E-state index contributed by atoms with van der Waals surface area (Å²) in [7, 11) is 2.11. The van der Waals surface area contributed by atoms with E-state index in [1.165, 1.54) is 19.3 Å². The fraction of sp³-hybridized carbons (Fsp3) is 1.00. The van der Waals surface area contributed by atoms with Crippen LogP contribution in [0.3, 0.4) is 0 Å². The highest BCUT2D eigenvalue weighted by atomic mass is 14.9. The van der Waals surface area contributed by atoms with Crippen LogP contribution in [0.25, 0.3) is 0 Å². The van der Waals surface area contributed by atoms with Crippen LogP contribution in [0.5, 0.6) is 0 Å². The molecule has 15 heavy (non-hydrogen) atoms. The second-order valence-electron chi connectivity index (χ2n) is 6.06. The molecule has 3 aliphatic carbocycles. The lowest BCUT2D eigenvalue weighted by molar-refractivity contribution is -0.113. The molecular weight excluding hydrogens is 182 g/mol. The van der Waals surface area contributed by atoms with Gasteiger partial charge in [0.25, 0.3) is 0 Å². The van der Waals surface area contributed by atoms with Crippen molar-refractivity contribution < 1.29 is 0 Å². The van der Waals surface area contributed by atoms with E-state index < -0.39 is 0 Å². The summed E-state index contributed by atoms with van der Waals surface area (Å²) in [6, 6.07) is 0.793. The highest BCUT2D eigenvalue weighted by molar-refractivity contribution is 5.06. The Labute approximate surface area is 96.0 Å². The highest BCUT2D eigenvalue weighted by Crippen LogP contribution is 2.61. The standard InChI is InChI=1S/C11H21N.C3H8/c1-7-9-5-8(11(9,2)3)6-10(7)12-4;1-3-2/h7-10,12H,5-6H2,1-4H3;3H2,1-2H3/t7-,8-,9+,10-;/m0./s1. The minimum absolute atomic E-state index is 0.646. The SMILES string of the molecule is CCC.CN[C@H]1C[C@@H]2C[C@H]([C@@H]1C)C2(C)C. The lowest BCUT2D eigenvalue weighted by Crippen LogP contribution is -2.59. The molecule has 0 aromatic rings. The summed E-state index contributed by atoms with van der Waals surface area (Å²) in [5.74, 6) is 2.86. The van der Waals surface area contributed by atoms with Crippen molar-refractivity contribution in [1.82, 2.24) is 5.32 Å². The van der Waals surface area contributed by atoms with Crippen LogP contribution in [0.1, 0.15) is 53.9 Å². The van der Waals surface area contributed by atoms with E-state index in [9.17, 15) is 0 Å². The second-order valence-corrected chi connectivity index (χ2v) is 6.06. The molecule has 0 aliphatic heterocycles. The molecule has 0 heterocycles. The van der Waals surface area contributed by atoms with Gasteiger partial charge in [0.2, 0.25) is 0 Å². The molecular formula is C14H29N. The molecule has 3 saturated carbocycles.